The molecule has 17 atom stereocenters. The van der Waals surface area contributed by atoms with Gasteiger partial charge in [-0.05, 0) is 112 Å². The van der Waals surface area contributed by atoms with E-state index in [0.29, 0.717) is 53.3 Å². The highest BCUT2D eigenvalue weighted by Gasteiger charge is 2.55. The Morgan fingerprint density at radius 3 is 1.74 bits per heavy atom. The lowest BCUT2D eigenvalue weighted by Crippen LogP contribution is -2.65. The maximum Gasteiger partial charge on any atom is 0.246 e. The minimum absolute atomic E-state index is 0.0116. The number of aromatic nitrogens is 2. The van der Waals surface area contributed by atoms with Crippen molar-refractivity contribution in [2.75, 3.05) is 65.4 Å². The van der Waals surface area contributed by atoms with Crippen LogP contribution in [-0.2, 0) is 101 Å². The zero-order valence-corrected chi connectivity index (χ0v) is 75.9. The maximum absolute atomic E-state index is 15.7. The highest BCUT2D eigenvalue weighted by atomic mass is 32.2. The number of nitrogens with zero attached hydrogens (tertiary/aromatic N) is 5. The van der Waals surface area contributed by atoms with Gasteiger partial charge in [0.2, 0.25) is 100 Å². The van der Waals surface area contributed by atoms with E-state index in [2.05, 4.69) is 68.5 Å². The van der Waals surface area contributed by atoms with Gasteiger partial charge in [0.15, 0.2) is 5.96 Å². The summed E-state index contributed by atoms with van der Waals surface area (Å²) in [6.45, 7) is 4.04. The van der Waals surface area contributed by atoms with E-state index in [1.165, 1.54) is 40.2 Å². The van der Waals surface area contributed by atoms with Crippen molar-refractivity contribution in [3.05, 3.63) is 108 Å². The van der Waals surface area contributed by atoms with E-state index in [9.17, 15) is 62.5 Å². The maximum atomic E-state index is 15.7. The van der Waals surface area contributed by atoms with Crippen LogP contribution in [0.2, 0.25) is 0 Å². The predicted molar refractivity (Wildman–Crippen MR) is 483 cm³/mol. The molecule has 4 fully saturated rings. The number of aliphatic hydroxyl groups is 2. The Kier molecular flexibility index (Phi) is 37.7. The minimum atomic E-state index is -1.87. The molecule has 42 nitrogen and oxygen atoms in total. The summed E-state index contributed by atoms with van der Waals surface area (Å²) >= 11 is 0.743. The van der Waals surface area contributed by atoms with E-state index in [4.69, 9.17) is 28.3 Å². The Morgan fingerprint density at radius 2 is 1.11 bits per heavy atom. The van der Waals surface area contributed by atoms with E-state index in [1.54, 1.807) is 49.6 Å². The number of primary amides is 2. The topological polar surface area (TPSA) is 639 Å². The minimum Gasteiger partial charge on any atom is -0.394 e. The number of thioether (sulfide) groups is 1. The summed E-state index contributed by atoms with van der Waals surface area (Å²) in [5, 5.41) is 60.8. The predicted octanol–water partition coefficient (Wildman–Crippen LogP) is -3.75. The van der Waals surface area contributed by atoms with Gasteiger partial charge < -0.3 is 126 Å². The molecule has 4 aliphatic heterocycles. The molecule has 6 heterocycles. The first-order valence-electron chi connectivity index (χ1n) is 44.4. The van der Waals surface area contributed by atoms with Gasteiger partial charge in [-0.1, -0.05) is 95.0 Å². The van der Waals surface area contributed by atoms with E-state index in [1.807, 2.05) is 32.0 Å². The van der Waals surface area contributed by atoms with Crippen molar-refractivity contribution in [2.24, 2.45) is 28.9 Å². The largest absolute Gasteiger partial charge is 0.394 e. The third kappa shape index (κ3) is 27.0. The van der Waals surface area contributed by atoms with E-state index >= 15 is 33.6 Å². The van der Waals surface area contributed by atoms with Crippen LogP contribution in [0.5, 0.6) is 0 Å². The molecule has 0 saturated carbocycles. The van der Waals surface area contributed by atoms with Crippen LogP contribution in [0, 0.1) is 17.1 Å². The summed E-state index contributed by atoms with van der Waals surface area (Å²) < 4.78 is 14.4. The number of hydrogen-bond acceptors (Lipinski definition) is 22. The van der Waals surface area contributed by atoms with Crippen molar-refractivity contribution < 1.29 is 96.1 Å². The SMILES string of the molecule is CCCC[C@H]1C(=O)N(C)[C@@H](CCCC)C(=O)N[C@@H](CCCNC(=N)N)C(=O)N[C@H](C(=O)NCC(N)=O)CSCC(=O)N[C@@H](Cc2ccc(F)cc2)C(=O)N(C)[C@@H](C)C(=O)N[C@@H](CC(N)=O)C(=O)N2CCC[C@H]2C(=O)N[C@@H](CN)C(=O)N[C@H]2CC(C)C3[C@H](O)CC(C(=O)N[C@@H](CCc4c[nH]c5ccccc45)C(=O)N[C@@H](CO)C(=O)N[C@@H](Cc4c[nH]c5ccccc45)C(=O)N1C)N3C2=O. The number of para-hydroxylation sites is 2. The fourth-order valence-corrected chi connectivity index (χ4v) is 18.0. The normalized spacial score (nSPS) is 26.5. The van der Waals surface area contributed by atoms with Gasteiger partial charge in [-0.2, -0.15) is 0 Å². The molecule has 4 saturated heterocycles. The second-order valence-corrected chi connectivity index (χ2v) is 35.0. The van der Waals surface area contributed by atoms with Gasteiger partial charge >= 0.3 is 0 Å². The molecule has 2 aromatic heterocycles. The number of H-pyrrole nitrogens is 2. The fourth-order valence-electron chi connectivity index (χ4n) is 17.1. The lowest BCUT2D eigenvalue weighted by atomic mass is 9.86. The number of aromatic amines is 2. The molecule has 0 radical (unpaired) electrons. The second-order valence-electron chi connectivity index (χ2n) is 34.0. The summed E-state index contributed by atoms with van der Waals surface area (Å²) in [6.07, 6.45) is 1.56. The summed E-state index contributed by atoms with van der Waals surface area (Å²) in [4.78, 5) is 260. The van der Waals surface area contributed by atoms with Crippen LogP contribution in [-0.4, -0.2) is 313 Å². The number of aryl methyl sites for hydroxylation is 1. The van der Waals surface area contributed by atoms with Gasteiger partial charge in [-0.3, -0.25) is 86.9 Å². The number of carbonyl (C=O) groups excluding carboxylic acids is 17. The molecule has 17 amide bonds. The molecule has 3 unspecified atom stereocenters. The molecule has 0 spiro atoms. The summed E-state index contributed by atoms with van der Waals surface area (Å²) in [5.41, 5.74) is 25.8. The van der Waals surface area contributed by atoms with E-state index in [-0.39, 0.29) is 90.1 Å². The number of piperidine rings is 1. The monoisotopic (exact) mass is 1860 g/mol. The van der Waals surface area contributed by atoms with Gasteiger partial charge in [-0.25, -0.2) is 4.39 Å². The van der Waals surface area contributed by atoms with Crippen molar-refractivity contribution in [1.29, 1.82) is 5.41 Å². The zero-order valence-electron chi connectivity index (χ0n) is 75.0. The quantitative estimate of drug-likeness (QED) is 0.0160. The molecule has 3 aromatic carbocycles. The van der Waals surface area contributed by atoms with Gasteiger partial charge in [0.1, 0.15) is 90.4 Å². The van der Waals surface area contributed by atoms with Gasteiger partial charge in [0.25, 0.3) is 0 Å². The van der Waals surface area contributed by atoms with Crippen molar-refractivity contribution in [1.82, 2.24) is 93.0 Å². The number of likely N-dealkylation sites (N-methyl/N-ethyl adjacent to an activating group) is 3. The number of aliphatic hydroxyl groups excluding tert-OH is 2. The van der Waals surface area contributed by atoms with Crippen molar-refractivity contribution in [3.63, 3.8) is 0 Å². The van der Waals surface area contributed by atoms with Gasteiger partial charge in [-0.15, -0.1) is 11.8 Å². The van der Waals surface area contributed by atoms with Crippen LogP contribution < -0.4 is 81.4 Å². The average Bonchev–Trinajstić information content (AvgIpc) is 1.60. The zero-order chi connectivity index (χ0) is 96.5. The summed E-state index contributed by atoms with van der Waals surface area (Å²) in [5.74, 6) is -19.0. The Bertz CT molecular complexity index is 5020. The molecule has 5 aromatic rings. The van der Waals surface area contributed by atoms with Crippen LogP contribution >= 0.6 is 11.8 Å². The number of halogens is 1. The Balaban J connectivity index is 1.08. The number of amides is 17. The molecule has 44 heteroatoms. The van der Waals surface area contributed by atoms with E-state index in [0.717, 1.165) is 59.3 Å². The molecule has 132 heavy (non-hydrogen) atoms. The van der Waals surface area contributed by atoms with Gasteiger partial charge in [0.05, 0.1) is 37.5 Å². The second kappa shape index (κ2) is 48.3. The van der Waals surface area contributed by atoms with E-state index < -0.39 is 252 Å². The first-order chi connectivity index (χ1) is 62.9. The number of rotatable bonds is 24. The Morgan fingerprint density at radius 1 is 0.553 bits per heavy atom. The Hall–Kier alpha value is -12.8. The Labute approximate surface area is 766 Å². The molecule has 9 rings (SSSR count). The standard InChI is InChI=1S/C88H124FN23O19S/c1-8-10-23-65-80(124)100-56(22-16-32-95-88(93)94)76(120)107-64(75(119)98-42-71(92)116)44-132-45-72(117)99-59(35-48-26-29-51(89)30-27-48)83(127)108(5)47(4)74(118)102-61(37-70(91)115)85(129)111-33-17-25-66(111)81(125)105-62(39-90)78(122)103-58-34-46(3)73-69(114)38-68(112(73)86(58)130)82(126)101-57(31-28-49-40-96-54-20-14-12-18-52(49)54)77(121)106-63(43-113)79(123)104-60(36-50-41-97-55-21-15-13-19-53(50)55)84(128)110(7)67(24-11-9-2)87(131)109(65)6/h12-15,18-21,26-27,29-30,40-41,46-47,56-69,73,96-97,113-114H,8-11,16-17,22-25,28,31-39,42-45,90H2,1-7H3,(H2,91,115)(H2,92,116)(H,98,119)(H,99,117)(H,100,124)(H,101,126)(H,102,118)(H,103,122)(H,104,123)(H,105,125)(H,106,121)(H,107,120)(H4,93,94,95)/t46?,47-,56-,57-,58-,59-,60-,61-,62-,63-,64-,65-,66-,67-,68?,69+,73?/m0/s1. The molecule has 24 N–H and O–H groups in total. The lowest BCUT2D eigenvalue weighted by molar-refractivity contribution is -0.150. The summed E-state index contributed by atoms with van der Waals surface area (Å²) in [6, 6.07) is -3.64. The summed E-state index contributed by atoms with van der Waals surface area (Å²) in [7, 11) is 3.87. The fraction of sp³-hybridized carbons (Fsp3) is 0.545. The van der Waals surface area contributed by atoms with Crippen LogP contribution in [0.4, 0.5) is 4.39 Å². The van der Waals surface area contributed by atoms with Gasteiger partial charge in [0, 0.05) is 100.0 Å². The molecule has 2 bridgehead atoms. The molecular formula is C88H124FN23O19S. The lowest BCUT2D eigenvalue weighted by Gasteiger charge is -2.42. The van der Waals surface area contributed by atoms with Crippen LogP contribution in [0.25, 0.3) is 21.8 Å². The highest BCUT2D eigenvalue weighted by molar-refractivity contribution is 8.00. The number of unbranched alkanes of at least 4 members (excludes halogenated alkanes) is 2. The number of benzene rings is 3. The molecule has 4 aliphatic rings. The molecule has 0 aliphatic carbocycles. The molecular weight excluding hydrogens is 1730 g/mol. The number of nitrogens with one attached hydrogen (secondary N) is 14. The number of guanidine groups is 1. The van der Waals surface area contributed by atoms with Crippen molar-refractivity contribution in [3.8, 4) is 0 Å². The molecule has 718 valence electrons. The third-order valence-corrected chi connectivity index (χ3v) is 25.6. The average molecular weight is 1860 g/mol. The smallest absolute Gasteiger partial charge is 0.246 e. The van der Waals surface area contributed by atoms with Crippen molar-refractivity contribution >= 4 is 140 Å². The first kappa shape index (κ1) is 103. The van der Waals surface area contributed by atoms with Crippen LogP contribution in [0.3, 0.4) is 0 Å². The number of fused-ring (bicyclic) bond motifs is 4. The number of hydrogen-bond donors (Lipinski definition) is 20. The van der Waals surface area contributed by atoms with Crippen LogP contribution in [0.1, 0.15) is 134 Å². The number of nitrogens with two attached hydrogens (primary N) is 4. The van der Waals surface area contributed by atoms with Crippen molar-refractivity contribution in [2.45, 2.75) is 234 Å². The first-order valence-corrected chi connectivity index (χ1v) is 45.5. The highest BCUT2D eigenvalue weighted by Crippen LogP contribution is 2.37. The third-order valence-electron chi connectivity index (χ3n) is 24.5. The van der Waals surface area contributed by atoms with Crippen LogP contribution in [0.15, 0.2) is 85.2 Å². The number of carbonyl (C=O) groups is 17.